The van der Waals surface area contributed by atoms with Gasteiger partial charge in [0.25, 0.3) is 0 Å². The van der Waals surface area contributed by atoms with Gasteiger partial charge >= 0.3 is 0 Å². The summed E-state index contributed by atoms with van der Waals surface area (Å²) in [6, 6.07) is 15.1. The van der Waals surface area contributed by atoms with Crippen molar-refractivity contribution in [3.63, 3.8) is 0 Å². The van der Waals surface area contributed by atoms with Gasteiger partial charge in [-0.1, -0.05) is 58.9 Å². The molecule has 0 aromatic heterocycles. The number of benzene rings is 2. The second-order valence-electron chi connectivity index (χ2n) is 7.32. The number of rotatable bonds is 5. The Morgan fingerprint density at radius 3 is 2.56 bits per heavy atom. The summed E-state index contributed by atoms with van der Waals surface area (Å²) >= 11 is 9.48. The number of hydrogen-bond donors (Lipinski definition) is 0. The summed E-state index contributed by atoms with van der Waals surface area (Å²) in [7, 11) is 0. The average Bonchev–Trinajstić information content (AvgIpc) is 2.64. The van der Waals surface area contributed by atoms with Crippen LogP contribution >= 0.6 is 27.5 Å². The number of ketones is 2. The minimum Gasteiger partial charge on any atom is -0.299 e. The van der Waals surface area contributed by atoms with E-state index in [1.807, 2.05) is 24.3 Å². The molecule has 142 valence electrons. The Labute approximate surface area is 174 Å². The third-order valence-corrected chi connectivity index (χ3v) is 6.18. The normalized spacial score (nSPS) is 19.2. The van der Waals surface area contributed by atoms with E-state index in [1.54, 1.807) is 24.3 Å². The zero-order valence-corrected chi connectivity index (χ0v) is 17.6. The second kappa shape index (κ2) is 9.66. The maximum Gasteiger partial charge on any atom is 0.163 e. The smallest absolute Gasteiger partial charge is 0.163 e. The Morgan fingerprint density at radius 1 is 1.07 bits per heavy atom. The fourth-order valence-corrected chi connectivity index (χ4v) is 4.51. The Balaban J connectivity index is 1.90. The van der Waals surface area contributed by atoms with Crippen molar-refractivity contribution in [1.82, 2.24) is 0 Å². The molecule has 0 bridgehead atoms. The van der Waals surface area contributed by atoms with E-state index in [1.165, 1.54) is 6.42 Å². The summed E-state index contributed by atoms with van der Waals surface area (Å²) in [5, 5.41) is 0.616. The van der Waals surface area contributed by atoms with Crippen LogP contribution in [0.25, 0.3) is 0 Å². The highest BCUT2D eigenvalue weighted by atomic mass is 79.9. The SMILES string of the molecule is O=C(CC(c1cccc(Br)c1)C1CCCCCCC1=O)c1ccc(Cl)cc1. The molecule has 3 rings (SSSR count). The summed E-state index contributed by atoms with van der Waals surface area (Å²) in [6.45, 7) is 0. The summed E-state index contributed by atoms with van der Waals surface area (Å²) in [4.78, 5) is 25.9. The summed E-state index contributed by atoms with van der Waals surface area (Å²) in [6.07, 6.45) is 6.15. The van der Waals surface area contributed by atoms with Crippen LogP contribution in [-0.2, 0) is 4.79 Å². The van der Waals surface area contributed by atoms with E-state index in [0.717, 1.165) is 35.7 Å². The van der Waals surface area contributed by atoms with Crippen LogP contribution in [0.1, 0.15) is 66.8 Å². The van der Waals surface area contributed by atoms with E-state index in [0.29, 0.717) is 29.2 Å². The minimum atomic E-state index is -0.0872. The van der Waals surface area contributed by atoms with Crippen LogP contribution < -0.4 is 0 Å². The van der Waals surface area contributed by atoms with Gasteiger partial charge in [0.1, 0.15) is 5.78 Å². The Hall–Kier alpha value is -1.45. The van der Waals surface area contributed by atoms with Crippen molar-refractivity contribution in [2.45, 2.75) is 50.9 Å². The first-order valence-electron chi connectivity index (χ1n) is 9.61. The molecule has 4 heteroatoms. The molecule has 0 amide bonds. The van der Waals surface area contributed by atoms with E-state index in [-0.39, 0.29) is 17.6 Å². The second-order valence-corrected chi connectivity index (χ2v) is 8.67. The van der Waals surface area contributed by atoms with Crippen LogP contribution in [0.15, 0.2) is 53.0 Å². The molecule has 0 saturated heterocycles. The summed E-state index contributed by atoms with van der Waals surface area (Å²) in [5.74, 6) is 0.196. The van der Waals surface area contributed by atoms with E-state index in [2.05, 4.69) is 15.9 Å². The molecule has 1 aliphatic rings. The van der Waals surface area contributed by atoms with Crippen LogP contribution in [0.3, 0.4) is 0 Å². The standard InChI is InChI=1S/C23H24BrClO2/c24-18-7-5-6-17(14-18)21(20-8-3-1-2-4-9-22(20)26)15-23(27)16-10-12-19(25)13-11-16/h5-7,10-14,20-21H,1-4,8-9,15H2. The zero-order valence-electron chi connectivity index (χ0n) is 15.3. The molecule has 27 heavy (non-hydrogen) atoms. The Kier molecular flexibility index (Phi) is 7.26. The van der Waals surface area contributed by atoms with Gasteiger partial charge in [-0.15, -0.1) is 0 Å². The van der Waals surface area contributed by atoms with Crippen LogP contribution in [0, 0.1) is 5.92 Å². The maximum absolute atomic E-state index is 13.0. The zero-order chi connectivity index (χ0) is 19.2. The van der Waals surface area contributed by atoms with Crippen molar-refractivity contribution >= 4 is 39.1 Å². The van der Waals surface area contributed by atoms with Crippen molar-refractivity contribution in [3.8, 4) is 0 Å². The van der Waals surface area contributed by atoms with Gasteiger partial charge in [-0.2, -0.15) is 0 Å². The molecule has 0 aliphatic heterocycles. The Bertz CT molecular complexity index is 800. The molecule has 2 unspecified atom stereocenters. The van der Waals surface area contributed by atoms with Crippen LogP contribution in [0.2, 0.25) is 5.02 Å². The maximum atomic E-state index is 13.0. The van der Waals surface area contributed by atoms with Gasteiger partial charge in [0.15, 0.2) is 5.78 Å². The topological polar surface area (TPSA) is 34.1 Å². The number of carbonyl (C=O) groups excluding carboxylic acids is 2. The monoisotopic (exact) mass is 446 g/mol. The lowest BCUT2D eigenvalue weighted by Crippen LogP contribution is -2.26. The Morgan fingerprint density at radius 2 is 1.81 bits per heavy atom. The molecule has 2 aromatic carbocycles. The first-order valence-corrected chi connectivity index (χ1v) is 10.8. The van der Waals surface area contributed by atoms with E-state index in [9.17, 15) is 9.59 Å². The lowest BCUT2D eigenvalue weighted by Gasteiger charge is -2.28. The van der Waals surface area contributed by atoms with Crippen LogP contribution in [0.4, 0.5) is 0 Å². The molecule has 1 saturated carbocycles. The van der Waals surface area contributed by atoms with Crippen molar-refractivity contribution < 1.29 is 9.59 Å². The van der Waals surface area contributed by atoms with Gasteiger partial charge in [0.2, 0.25) is 0 Å². The molecule has 2 aromatic rings. The molecule has 0 N–H and O–H groups in total. The molecule has 0 radical (unpaired) electrons. The van der Waals surface area contributed by atoms with Crippen molar-refractivity contribution in [2.75, 3.05) is 0 Å². The van der Waals surface area contributed by atoms with Gasteiger partial charge in [-0.25, -0.2) is 0 Å². The lowest BCUT2D eigenvalue weighted by molar-refractivity contribution is -0.124. The summed E-state index contributed by atoms with van der Waals surface area (Å²) < 4.78 is 0.974. The van der Waals surface area contributed by atoms with Gasteiger partial charge in [-0.3, -0.25) is 9.59 Å². The molecular formula is C23H24BrClO2. The number of Topliss-reactive ketones (excluding diaryl/α,β-unsaturated/α-hetero) is 2. The molecule has 1 aliphatic carbocycles. The van der Waals surface area contributed by atoms with E-state index < -0.39 is 0 Å². The molecule has 2 atom stereocenters. The van der Waals surface area contributed by atoms with Crippen molar-refractivity contribution in [1.29, 1.82) is 0 Å². The third-order valence-electron chi connectivity index (χ3n) is 5.44. The predicted octanol–water partition coefficient (Wildman–Crippen LogP) is 7.00. The molecular weight excluding hydrogens is 424 g/mol. The van der Waals surface area contributed by atoms with Crippen LogP contribution in [0.5, 0.6) is 0 Å². The van der Waals surface area contributed by atoms with Crippen molar-refractivity contribution in [3.05, 3.63) is 69.2 Å². The van der Waals surface area contributed by atoms with E-state index >= 15 is 0 Å². The average molecular weight is 448 g/mol. The lowest BCUT2D eigenvalue weighted by atomic mass is 9.75. The highest BCUT2D eigenvalue weighted by Crippen LogP contribution is 2.37. The van der Waals surface area contributed by atoms with Crippen molar-refractivity contribution in [2.24, 2.45) is 5.92 Å². The number of carbonyl (C=O) groups is 2. The number of halogens is 2. The largest absolute Gasteiger partial charge is 0.299 e. The highest BCUT2D eigenvalue weighted by molar-refractivity contribution is 9.10. The third kappa shape index (κ3) is 5.52. The molecule has 0 spiro atoms. The van der Waals surface area contributed by atoms with Gasteiger partial charge < -0.3 is 0 Å². The molecule has 2 nitrogen and oxygen atoms in total. The molecule has 1 fully saturated rings. The number of hydrogen-bond acceptors (Lipinski definition) is 2. The highest BCUT2D eigenvalue weighted by Gasteiger charge is 2.31. The quantitative estimate of drug-likeness (QED) is 0.462. The molecule has 0 heterocycles. The summed E-state index contributed by atoms with van der Waals surface area (Å²) in [5.41, 5.74) is 1.71. The van der Waals surface area contributed by atoms with Gasteiger partial charge in [0.05, 0.1) is 0 Å². The van der Waals surface area contributed by atoms with Crippen LogP contribution in [-0.4, -0.2) is 11.6 Å². The fourth-order valence-electron chi connectivity index (χ4n) is 3.97. The van der Waals surface area contributed by atoms with Gasteiger partial charge in [-0.05, 0) is 54.8 Å². The minimum absolute atomic E-state index is 0.0616. The van der Waals surface area contributed by atoms with E-state index in [4.69, 9.17) is 11.6 Å². The first-order chi connectivity index (χ1) is 13.0. The van der Waals surface area contributed by atoms with Gasteiger partial charge in [0, 0.05) is 39.7 Å². The predicted molar refractivity (Wildman–Crippen MR) is 113 cm³/mol. The fraction of sp³-hybridized carbons (Fsp3) is 0.391. The first kappa shape index (κ1) is 20.3.